The molecule has 0 aliphatic heterocycles. The number of hydrogen-bond acceptors (Lipinski definition) is 1. The van der Waals surface area contributed by atoms with Crippen LogP contribution in [0.5, 0.6) is 0 Å². The smallest absolute Gasteiger partial charge is 0.112 e. The molecule has 40 valence electrons. The lowest BCUT2D eigenvalue weighted by molar-refractivity contribution is -0.818. The molecule has 2 nitrogen and oxygen atoms in total. The first-order valence-corrected chi connectivity index (χ1v) is 2.04. The fourth-order valence-electron chi connectivity index (χ4n) is 0.0745. The molecule has 0 radical (unpaired) electrons. The van der Waals surface area contributed by atoms with Crippen molar-refractivity contribution in [3.63, 3.8) is 0 Å². The van der Waals surface area contributed by atoms with Gasteiger partial charge in [-0.15, -0.1) is 0 Å². The third kappa shape index (κ3) is 2.14. The van der Waals surface area contributed by atoms with E-state index in [-0.39, 0.29) is 4.59 Å². The molecule has 2 N–H and O–H groups in total. The summed E-state index contributed by atoms with van der Waals surface area (Å²) in [7, 11) is 1.78. The summed E-state index contributed by atoms with van der Waals surface area (Å²) in [5.41, 5.74) is 0. The van der Waals surface area contributed by atoms with Crippen molar-refractivity contribution >= 4 is 0 Å². The normalized spacial score (nSPS) is 10.6. The third-order valence-electron chi connectivity index (χ3n) is 0.787. The molecular formula is C5H11N2+. The number of quaternary nitrogens is 1. The van der Waals surface area contributed by atoms with Gasteiger partial charge in [-0.3, -0.25) is 0 Å². The summed E-state index contributed by atoms with van der Waals surface area (Å²) < 4.78 is 0.167. The number of rotatable bonds is 2. The zero-order valence-corrected chi connectivity index (χ0v) is 4.59. The highest BCUT2D eigenvalue weighted by molar-refractivity contribution is 4.58. The minimum Gasteiger partial charge on any atom is -0.200 e. The van der Waals surface area contributed by atoms with E-state index >= 15 is 0 Å². The van der Waals surface area contributed by atoms with Crippen molar-refractivity contribution < 1.29 is 4.59 Å². The van der Waals surface area contributed by atoms with Gasteiger partial charge >= 0.3 is 0 Å². The van der Waals surface area contributed by atoms with Crippen LogP contribution in [0.2, 0.25) is 0 Å². The Morgan fingerprint density at radius 2 is 1.71 bits per heavy atom. The average Bonchev–Trinajstić information content (AvgIpc) is 1.68. The Morgan fingerprint density at radius 1 is 1.43 bits per heavy atom. The molecule has 0 heterocycles. The van der Waals surface area contributed by atoms with Crippen LogP contribution in [-0.2, 0) is 0 Å². The largest absolute Gasteiger partial charge is 0.200 e. The Hall–Kier alpha value is -0.600. The fraction of sp³-hybridized carbons (Fsp3) is 0.200. The van der Waals surface area contributed by atoms with Gasteiger partial charge in [0.1, 0.15) is 12.4 Å². The second kappa shape index (κ2) is 1.91. The van der Waals surface area contributed by atoms with Gasteiger partial charge in [-0.1, -0.05) is 0 Å². The van der Waals surface area contributed by atoms with Gasteiger partial charge in [0.05, 0.1) is 7.05 Å². The molecule has 0 fully saturated rings. The number of nitrogens with two attached hydrogens (primary N) is 1. The second-order valence-corrected chi connectivity index (χ2v) is 1.59. The summed E-state index contributed by atoms with van der Waals surface area (Å²) in [6, 6.07) is 0. The molecule has 0 aliphatic rings. The fourth-order valence-corrected chi connectivity index (χ4v) is 0.0745. The highest BCUT2D eigenvalue weighted by atomic mass is 15.5. The topological polar surface area (TPSA) is 26.0 Å². The Morgan fingerprint density at radius 3 is 1.71 bits per heavy atom. The molecule has 0 amide bonds. The van der Waals surface area contributed by atoms with Gasteiger partial charge in [0.15, 0.2) is 0 Å². The first-order valence-electron chi connectivity index (χ1n) is 2.04. The maximum atomic E-state index is 5.42. The van der Waals surface area contributed by atoms with Crippen LogP contribution in [0, 0.1) is 0 Å². The van der Waals surface area contributed by atoms with E-state index in [0.717, 1.165) is 0 Å². The highest BCUT2D eigenvalue weighted by Crippen LogP contribution is 1.88. The van der Waals surface area contributed by atoms with E-state index in [1.165, 1.54) is 0 Å². The third-order valence-corrected chi connectivity index (χ3v) is 0.787. The van der Waals surface area contributed by atoms with Crippen LogP contribution in [0.15, 0.2) is 25.6 Å². The minimum absolute atomic E-state index is 0.167. The lowest BCUT2D eigenvalue weighted by Crippen LogP contribution is -2.38. The lowest BCUT2D eigenvalue weighted by Gasteiger charge is -2.14. The quantitative estimate of drug-likeness (QED) is 0.306. The van der Waals surface area contributed by atoms with Gasteiger partial charge in [-0.25, -0.2) is 4.59 Å². The van der Waals surface area contributed by atoms with Crippen LogP contribution in [-0.4, -0.2) is 11.6 Å². The molecule has 0 aromatic carbocycles. The average molecular weight is 99.2 g/mol. The molecule has 0 aliphatic carbocycles. The summed E-state index contributed by atoms with van der Waals surface area (Å²) >= 11 is 0. The van der Waals surface area contributed by atoms with Crippen LogP contribution >= 0.6 is 0 Å². The molecule has 0 bridgehead atoms. The van der Waals surface area contributed by atoms with Gasteiger partial charge in [0, 0.05) is 0 Å². The maximum Gasteiger partial charge on any atom is 0.112 e. The molecular weight excluding hydrogens is 88.1 g/mol. The zero-order chi connectivity index (χ0) is 5.91. The van der Waals surface area contributed by atoms with Crippen LogP contribution in [0.1, 0.15) is 0 Å². The molecule has 2 heteroatoms. The predicted octanol–water partition coefficient (Wildman–Crippen LogP) is 0.594. The molecule has 0 spiro atoms. The van der Waals surface area contributed by atoms with Gasteiger partial charge in [0.25, 0.3) is 0 Å². The monoisotopic (exact) mass is 99.1 g/mol. The predicted molar refractivity (Wildman–Crippen MR) is 30.8 cm³/mol. The van der Waals surface area contributed by atoms with Crippen molar-refractivity contribution in [1.29, 1.82) is 0 Å². The van der Waals surface area contributed by atoms with E-state index < -0.39 is 0 Å². The Bertz CT molecular complexity index is 74.1. The molecule has 0 saturated carbocycles. The summed E-state index contributed by atoms with van der Waals surface area (Å²) in [6.07, 6.45) is 3.18. The Balaban J connectivity index is 3.82. The number of hydrogen-bond donors (Lipinski definition) is 1. The van der Waals surface area contributed by atoms with Crippen LogP contribution in [0.4, 0.5) is 0 Å². The van der Waals surface area contributed by atoms with E-state index in [1.54, 1.807) is 19.4 Å². The van der Waals surface area contributed by atoms with E-state index in [0.29, 0.717) is 0 Å². The first kappa shape index (κ1) is 6.40. The van der Waals surface area contributed by atoms with E-state index in [4.69, 9.17) is 5.84 Å². The van der Waals surface area contributed by atoms with E-state index in [9.17, 15) is 0 Å². The molecule has 0 atom stereocenters. The van der Waals surface area contributed by atoms with Gasteiger partial charge in [0.2, 0.25) is 0 Å². The maximum absolute atomic E-state index is 5.42. The standard InChI is InChI=1S/C5H11N2/c1-4-7(3,6)5-2/h4-5H,1-2,6H2,3H3/q+1. The Kier molecular flexibility index (Phi) is 1.75. The summed E-state index contributed by atoms with van der Waals surface area (Å²) in [6.45, 7) is 6.96. The molecule has 0 saturated heterocycles. The van der Waals surface area contributed by atoms with Crippen LogP contribution < -0.4 is 5.84 Å². The minimum atomic E-state index is 0.167. The molecule has 0 aromatic rings. The van der Waals surface area contributed by atoms with Gasteiger partial charge in [-0.05, 0) is 13.2 Å². The van der Waals surface area contributed by atoms with Crippen molar-refractivity contribution in [1.82, 2.24) is 0 Å². The highest BCUT2D eigenvalue weighted by Gasteiger charge is 2.00. The van der Waals surface area contributed by atoms with Gasteiger partial charge < -0.3 is 0 Å². The van der Waals surface area contributed by atoms with E-state index in [2.05, 4.69) is 13.2 Å². The summed E-state index contributed by atoms with van der Waals surface area (Å²) in [4.78, 5) is 0. The van der Waals surface area contributed by atoms with Crippen molar-refractivity contribution in [2.45, 2.75) is 0 Å². The zero-order valence-electron chi connectivity index (χ0n) is 4.59. The van der Waals surface area contributed by atoms with E-state index in [1.807, 2.05) is 0 Å². The molecule has 0 aromatic heterocycles. The van der Waals surface area contributed by atoms with Crippen molar-refractivity contribution in [3.05, 3.63) is 25.6 Å². The summed E-state index contributed by atoms with van der Waals surface area (Å²) in [5, 5.41) is 0. The second-order valence-electron chi connectivity index (χ2n) is 1.59. The molecule has 0 rings (SSSR count). The molecule has 0 unspecified atom stereocenters. The Labute approximate surface area is 44.1 Å². The first-order chi connectivity index (χ1) is 3.12. The van der Waals surface area contributed by atoms with Crippen LogP contribution in [0.3, 0.4) is 0 Å². The van der Waals surface area contributed by atoms with Crippen molar-refractivity contribution in [3.8, 4) is 0 Å². The van der Waals surface area contributed by atoms with Crippen molar-refractivity contribution in [2.24, 2.45) is 5.84 Å². The summed E-state index contributed by atoms with van der Waals surface area (Å²) in [5.74, 6) is 5.42. The lowest BCUT2D eigenvalue weighted by atomic mass is 10.7. The SMILES string of the molecule is C=C[N+](C)(N)C=C. The number of nitrogens with zero attached hydrogens (tertiary/aromatic N) is 1. The van der Waals surface area contributed by atoms with Crippen LogP contribution in [0.25, 0.3) is 0 Å². The molecule has 7 heavy (non-hydrogen) atoms. The van der Waals surface area contributed by atoms with Crippen molar-refractivity contribution in [2.75, 3.05) is 7.05 Å². The van der Waals surface area contributed by atoms with Gasteiger partial charge in [-0.2, -0.15) is 5.84 Å².